The molecule has 0 nitrogen and oxygen atoms in total. The molecule has 0 fully saturated rings. The van der Waals surface area contributed by atoms with Gasteiger partial charge in [-0.15, -0.1) is 0 Å². The Hall–Kier alpha value is 2.59. The predicted molar refractivity (Wildman–Crippen MR) is 30.4 cm³/mol. The topological polar surface area (TPSA) is 0 Å². The third kappa shape index (κ3) is 8.82. The zero-order chi connectivity index (χ0) is 2.00. The van der Waals surface area contributed by atoms with E-state index in [1.165, 1.54) is 19.7 Å². The summed E-state index contributed by atoms with van der Waals surface area (Å²) in [5.74, 6) is 0. The van der Waals surface area contributed by atoms with E-state index in [9.17, 15) is 0 Å². The van der Waals surface area contributed by atoms with Crippen molar-refractivity contribution in [3.8, 4) is 0 Å². The molecule has 0 aromatic carbocycles. The van der Waals surface area contributed by atoms with E-state index in [0.29, 0.717) is 0 Å². The van der Waals surface area contributed by atoms with E-state index in [0.717, 1.165) is 0 Å². The summed E-state index contributed by atoms with van der Waals surface area (Å²) >= 11 is 4.14. The Morgan fingerprint density at radius 1 is 1.25 bits per heavy atom. The van der Waals surface area contributed by atoms with Crippen LogP contribution in [0, 0.1) is 0 Å². The minimum absolute atomic E-state index is 0. The van der Waals surface area contributed by atoms with Crippen molar-refractivity contribution < 1.29 is 0 Å². The molecule has 0 aromatic rings. The summed E-state index contributed by atoms with van der Waals surface area (Å²) in [5, 5.41) is 0. The van der Waals surface area contributed by atoms with Crippen LogP contribution in [0.25, 0.3) is 0 Å². The first-order valence-corrected chi connectivity index (χ1v) is 7.12. The molecule has 0 atom stereocenters. The van der Waals surface area contributed by atoms with Crippen molar-refractivity contribution >= 4 is 72.7 Å². The van der Waals surface area contributed by atoms with Crippen molar-refractivity contribution in [3.05, 3.63) is 0 Å². The molecule has 0 unspecified atom stereocenters. The van der Waals surface area contributed by atoms with Crippen LogP contribution in [0.4, 0.5) is 0 Å². The van der Waals surface area contributed by atoms with Crippen LogP contribution in [-0.2, 0) is 0 Å². The molecule has 0 amide bonds. The van der Waals surface area contributed by atoms with Crippen molar-refractivity contribution in [2.75, 3.05) is 0 Å². The van der Waals surface area contributed by atoms with Gasteiger partial charge in [-0.2, -0.15) is 13.5 Å². The Kier molecular flexibility index (Phi) is 70.1. The summed E-state index contributed by atoms with van der Waals surface area (Å²) in [6, 6.07) is 0. The van der Waals surface area contributed by atoms with Gasteiger partial charge in [-0.1, -0.05) is 0 Å². The van der Waals surface area contributed by atoms with Gasteiger partial charge in [0.05, 0.1) is 0 Å². The second-order valence-corrected chi connectivity index (χ2v) is 0. The molecule has 0 aromatic heterocycles. The molecule has 0 aliphatic heterocycles. The first-order chi connectivity index (χ1) is 1.00. The quantitative estimate of drug-likeness (QED) is 0.400. The molecule has 0 spiro atoms. The van der Waals surface area contributed by atoms with Gasteiger partial charge in [0.1, 0.15) is 0 Å². The van der Waals surface area contributed by atoms with Gasteiger partial charge in [0.25, 0.3) is 0 Å². The molecule has 0 saturated heterocycles. The molecule has 0 saturated carbocycles. The van der Waals surface area contributed by atoms with E-state index in [1.807, 2.05) is 0 Å². The molecule has 0 N–H and O–H groups in total. The zero-order valence-electron chi connectivity index (χ0n) is 2.12. The van der Waals surface area contributed by atoms with Crippen LogP contribution >= 0.6 is 13.5 Å². The molecule has 4 heavy (non-hydrogen) atoms. The summed E-state index contributed by atoms with van der Waals surface area (Å²) in [6.07, 6.45) is 0. The minimum atomic E-state index is 0. The SMILES string of the molecule is S.[PbH2].[Se]=[Sn]. The van der Waals surface area contributed by atoms with E-state index < -0.39 is 0 Å². The second kappa shape index (κ2) is 17.6. The molecule has 0 aliphatic rings. The average Bonchev–Trinajstić information content (AvgIpc) is 1.00. The number of rotatable bonds is 0. The molecule has 4 radical (unpaired) electrons. The van der Waals surface area contributed by atoms with Crippen molar-refractivity contribution in [2.24, 2.45) is 0 Å². The summed E-state index contributed by atoms with van der Waals surface area (Å²) in [6.45, 7) is 0. The Morgan fingerprint density at radius 3 is 1.25 bits per heavy atom. The fourth-order valence-electron chi connectivity index (χ4n) is 0. The first-order valence-electron chi connectivity index (χ1n) is 0.204. The fourth-order valence-corrected chi connectivity index (χ4v) is 0. The van der Waals surface area contributed by atoms with Gasteiger partial charge in [0.2, 0.25) is 0 Å². The van der Waals surface area contributed by atoms with Gasteiger partial charge in [0.15, 0.2) is 0 Å². The Bertz CT molecular complexity index is 8.00. The molecule has 0 heterocycles. The molecular weight excluding hydrogens is 437 g/mol. The first kappa shape index (κ1) is 16.0. The molecule has 24 valence electrons. The van der Waals surface area contributed by atoms with Gasteiger partial charge < -0.3 is 0 Å². The van der Waals surface area contributed by atoms with E-state index in [4.69, 9.17) is 0 Å². The Morgan fingerprint density at radius 2 is 1.25 bits per heavy atom. The second-order valence-electron chi connectivity index (χ2n) is 0. The van der Waals surface area contributed by atoms with Crippen LogP contribution in [-0.4, -0.2) is 59.2 Å². The Labute approximate surface area is 71.4 Å². The maximum absolute atomic E-state index is 2.72. The summed E-state index contributed by atoms with van der Waals surface area (Å²) in [7, 11) is 0. The van der Waals surface area contributed by atoms with Crippen LogP contribution in [0.3, 0.4) is 0 Å². The number of hydrogen-bond acceptors (Lipinski definition) is 0. The third-order valence-electron chi connectivity index (χ3n) is 0. The van der Waals surface area contributed by atoms with Crippen molar-refractivity contribution in [2.45, 2.75) is 0 Å². The van der Waals surface area contributed by atoms with Gasteiger partial charge in [-0.05, 0) is 0 Å². The van der Waals surface area contributed by atoms with E-state index in [1.54, 1.807) is 0 Å². The molecule has 0 aliphatic carbocycles. The van der Waals surface area contributed by atoms with Gasteiger partial charge in [0, 0.05) is 0 Å². The van der Waals surface area contributed by atoms with Gasteiger partial charge >= 0.3 is 59.2 Å². The van der Waals surface area contributed by atoms with Crippen LogP contribution in [0.5, 0.6) is 0 Å². The summed E-state index contributed by atoms with van der Waals surface area (Å²) in [4.78, 5) is 0. The van der Waals surface area contributed by atoms with Crippen molar-refractivity contribution in [1.29, 1.82) is 0 Å². The monoisotopic (exact) mass is 444 g/mol. The van der Waals surface area contributed by atoms with Crippen molar-refractivity contribution in [1.82, 2.24) is 0 Å². The zero-order valence-corrected chi connectivity index (χ0v) is 13.2. The Balaban J connectivity index is -0.00000000500. The van der Waals surface area contributed by atoms with Gasteiger partial charge in [-0.25, -0.2) is 0 Å². The average molecular weight is 441 g/mol. The molecule has 0 bridgehead atoms. The van der Waals surface area contributed by atoms with Crippen LogP contribution < -0.4 is 0 Å². The van der Waals surface area contributed by atoms with Gasteiger partial charge in [-0.3, -0.25) is 0 Å². The maximum atomic E-state index is 2.72. The van der Waals surface area contributed by atoms with E-state index in [2.05, 4.69) is 12.2 Å². The third-order valence-corrected chi connectivity index (χ3v) is 0. The van der Waals surface area contributed by atoms with Crippen LogP contribution in [0.2, 0.25) is 0 Å². The van der Waals surface area contributed by atoms with E-state index >= 15 is 0 Å². The predicted octanol–water partition coefficient (Wildman–Crippen LogP) is -1.57. The summed E-state index contributed by atoms with van der Waals surface area (Å²) in [5.41, 5.74) is 0. The van der Waals surface area contributed by atoms with Crippen LogP contribution in [0.15, 0.2) is 0 Å². The number of hydrogen-bond donors (Lipinski definition) is 0. The fraction of sp³-hybridized carbons (Fsp3) is 0. The molecular formula is H4PbSSeSn. The summed E-state index contributed by atoms with van der Waals surface area (Å²) < 4.78 is 0. The molecule has 4 heteroatoms. The molecule has 0 rings (SSSR count). The normalized spacial score (nSPS) is 1.00. The van der Waals surface area contributed by atoms with E-state index in [-0.39, 0.29) is 40.8 Å². The van der Waals surface area contributed by atoms with Crippen LogP contribution in [0.1, 0.15) is 0 Å². The van der Waals surface area contributed by atoms with Crippen molar-refractivity contribution in [3.63, 3.8) is 0 Å². The standard InChI is InChI=1S/Pb.H2S.Se.Sn.2H/h;1H2;;;;.